The number of benzene rings is 2. The fraction of sp³-hybridized carbons (Fsp3) is 0.259. The van der Waals surface area contributed by atoms with Gasteiger partial charge in [-0.25, -0.2) is 4.39 Å². The molecule has 0 bridgehead atoms. The fourth-order valence-corrected chi connectivity index (χ4v) is 4.16. The summed E-state index contributed by atoms with van der Waals surface area (Å²) in [6.07, 6.45) is 6.41. The van der Waals surface area contributed by atoms with Gasteiger partial charge in [-0.15, -0.1) is 0 Å². The summed E-state index contributed by atoms with van der Waals surface area (Å²) in [6, 6.07) is 12.0. The topological polar surface area (TPSA) is 46.2 Å². The van der Waals surface area contributed by atoms with E-state index in [0.717, 1.165) is 17.6 Å². The van der Waals surface area contributed by atoms with Crippen LogP contribution in [0.4, 0.5) is 4.39 Å². The molecule has 0 saturated heterocycles. The number of aliphatic hydroxyl groups excluding tert-OH is 1. The van der Waals surface area contributed by atoms with E-state index < -0.39 is 11.9 Å². The molecule has 2 unspecified atom stereocenters. The first-order valence-corrected chi connectivity index (χ1v) is 11.4. The summed E-state index contributed by atoms with van der Waals surface area (Å²) in [5, 5.41) is 12.4. The predicted octanol–water partition coefficient (Wildman–Crippen LogP) is 7.82. The zero-order valence-corrected chi connectivity index (χ0v) is 20.4. The maximum absolute atomic E-state index is 15.1. The Morgan fingerprint density at radius 1 is 1.12 bits per heavy atom. The molecule has 2 aromatic carbocycles. The lowest BCUT2D eigenvalue weighted by Crippen LogP contribution is -2.20. The minimum Gasteiger partial charge on any atom is -0.404 e. The molecule has 0 aromatic heterocycles. The lowest BCUT2D eigenvalue weighted by molar-refractivity contribution is 0.255. The third kappa shape index (κ3) is 5.72. The van der Waals surface area contributed by atoms with Crippen molar-refractivity contribution in [3.63, 3.8) is 0 Å². The second-order valence-corrected chi connectivity index (χ2v) is 8.36. The number of rotatable bonds is 8. The third-order valence-corrected chi connectivity index (χ3v) is 6.06. The normalized spacial score (nSPS) is 15.6. The first-order valence-electron chi connectivity index (χ1n) is 10.6. The summed E-state index contributed by atoms with van der Waals surface area (Å²) >= 11 is 12.6. The second kappa shape index (κ2) is 12.1. The van der Waals surface area contributed by atoms with Crippen LogP contribution in [0.1, 0.15) is 45.2 Å². The molecule has 0 aliphatic carbocycles. The Hall–Kier alpha value is -2.33. The van der Waals surface area contributed by atoms with Crippen LogP contribution < -0.4 is 5.73 Å². The molecule has 2 aromatic rings. The van der Waals surface area contributed by atoms with Gasteiger partial charge in [-0.1, -0.05) is 73.5 Å². The Kier molecular flexibility index (Phi) is 9.77. The Bertz CT molecular complexity index is 1070. The molecule has 3 N–H and O–H groups in total. The first kappa shape index (κ1) is 25.9. The van der Waals surface area contributed by atoms with Gasteiger partial charge in [0.05, 0.1) is 0 Å². The Labute approximate surface area is 200 Å². The lowest BCUT2D eigenvalue weighted by Gasteiger charge is -2.28. The predicted molar refractivity (Wildman–Crippen MR) is 136 cm³/mol. The van der Waals surface area contributed by atoms with Crippen molar-refractivity contribution in [1.29, 1.82) is 0 Å². The number of nitrogens with two attached hydrogens (primary N) is 1. The van der Waals surface area contributed by atoms with E-state index in [0.29, 0.717) is 32.3 Å². The molecule has 170 valence electrons. The van der Waals surface area contributed by atoms with Gasteiger partial charge in [0.15, 0.2) is 0 Å². The highest BCUT2D eigenvalue weighted by atomic mass is 35.5. The van der Waals surface area contributed by atoms with Crippen molar-refractivity contribution in [1.82, 2.24) is 0 Å². The summed E-state index contributed by atoms with van der Waals surface area (Å²) in [6.45, 7) is 7.80. The Balaban J connectivity index is 3.00. The molecule has 0 heterocycles. The first-order chi connectivity index (χ1) is 15.3. The van der Waals surface area contributed by atoms with Crippen LogP contribution in [0.15, 0.2) is 78.0 Å². The molecule has 0 radical (unpaired) electrons. The van der Waals surface area contributed by atoms with E-state index >= 15 is 4.39 Å². The van der Waals surface area contributed by atoms with E-state index in [1.165, 1.54) is 12.3 Å². The summed E-state index contributed by atoms with van der Waals surface area (Å²) in [5.41, 5.74) is 9.48. The number of hydrogen-bond donors (Lipinski definition) is 2. The van der Waals surface area contributed by atoms with Crippen LogP contribution in [0.5, 0.6) is 0 Å². The molecule has 5 heteroatoms. The standard InChI is InChI=1S/C27H30Cl2FNO/c1-5-10-18(16-31)27(32)26(20(7-3)21-14-13-19(28)15-24(21)30)25(17(4)6-2)22-11-8-9-12-23(22)29/h5,7-17,27,32H,6,31H2,1-4H3/b10-5-,18-16+,20-7-,26-25-. The summed E-state index contributed by atoms with van der Waals surface area (Å²) in [4.78, 5) is 0. The van der Waals surface area contributed by atoms with Crippen molar-refractivity contribution >= 4 is 34.3 Å². The summed E-state index contributed by atoms with van der Waals surface area (Å²) in [5.74, 6) is -0.447. The van der Waals surface area contributed by atoms with Gasteiger partial charge in [0.25, 0.3) is 0 Å². The zero-order chi connectivity index (χ0) is 23.8. The molecule has 32 heavy (non-hydrogen) atoms. The van der Waals surface area contributed by atoms with Crippen LogP contribution >= 0.6 is 23.2 Å². The van der Waals surface area contributed by atoms with Crippen molar-refractivity contribution < 1.29 is 9.50 Å². The van der Waals surface area contributed by atoms with E-state index in [1.54, 1.807) is 30.4 Å². The van der Waals surface area contributed by atoms with Gasteiger partial charge >= 0.3 is 0 Å². The van der Waals surface area contributed by atoms with Gasteiger partial charge in [0.1, 0.15) is 11.9 Å². The molecule has 0 fully saturated rings. The SMILES string of the molecule is C/C=C\C(=C/N)C(O)C(=C(\c1ccccc1Cl)C(C)CC)/C(=C\C)c1ccc(Cl)cc1F. The van der Waals surface area contributed by atoms with Gasteiger partial charge in [-0.2, -0.15) is 0 Å². The van der Waals surface area contributed by atoms with E-state index in [-0.39, 0.29) is 5.92 Å². The van der Waals surface area contributed by atoms with Crippen LogP contribution in [0.2, 0.25) is 10.0 Å². The van der Waals surface area contributed by atoms with Gasteiger partial charge in [0, 0.05) is 21.2 Å². The maximum Gasteiger partial charge on any atom is 0.132 e. The van der Waals surface area contributed by atoms with E-state index in [1.807, 2.05) is 38.1 Å². The van der Waals surface area contributed by atoms with Crippen LogP contribution in [-0.4, -0.2) is 11.2 Å². The molecule has 0 aliphatic rings. The highest BCUT2D eigenvalue weighted by Gasteiger charge is 2.28. The van der Waals surface area contributed by atoms with Crippen molar-refractivity contribution in [2.24, 2.45) is 11.7 Å². The molecule has 0 amide bonds. The lowest BCUT2D eigenvalue weighted by atomic mass is 9.79. The zero-order valence-electron chi connectivity index (χ0n) is 18.9. The number of aliphatic hydroxyl groups is 1. The van der Waals surface area contributed by atoms with Gasteiger partial charge in [-0.05, 0) is 78.9 Å². The van der Waals surface area contributed by atoms with Crippen molar-refractivity contribution in [3.8, 4) is 0 Å². The molecule has 2 nitrogen and oxygen atoms in total. The van der Waals surface area contributed by atoms with Gasteiger partial charge in [-0.3, -0.25) is 0 Å². The molecule has 0 saturated carbocycles. The fourth-order valence-electron chi connectivity index (χ4n) is 3.76. The Morgan fingerprint density at radius 2 is 1.81 bits per heavy atom. The van der Waals surface area contributed by atoms with Crippen LogP contribution in [-0.2, 0) is 0 Å². The molecular weight excluding hydrogens is 444 g/mol. The average molecular weight is 474 g/mol. The molecule has 2 atom stereocenters. The number of halogens is 3. The largest absolute Gasteiger partial charge is 0.404 e. The van der Waals surface area contributed by atoms with E-state index in [4.69, 9.17) is 28.9 Å². The number of hydrogen-bond acceptors (Lipinski definition) is 2. The van der Waals surface area contributed by atoms with Crippen LogP contribution in [0, 0.1) is 11.7 Å². The molecule has 2 rings (SSSR count). The smallest absolute Gasteiger partial charge is 0.132 e. The summed E-state index contributed by atoms with van der Waals surface area (Å²) in [7, 11) is 0. The molecular formula is C27H30Cl2FNO. The van der Waals surface area contributed by atoms with Gasteiger partial charge in [0.2, 0.25) is 0 Å². The number of allylic oxidation sites excluding steroid dienone is 3. The minimum atomic E-state index is -1.10. The minimum absolute atomic E-state index is 0.0227. The Morgan fingerprint density at radius 3 is 2.34 bits per heavy atom. The van der Waals surface area contributed by atoms with Crippen LogP contribution in [0.25, 0.3) is 11.1 Å². The quantitative estimate of drug-likeness (QED) is 0.383. The maximum atomic E-state index is 15.1. The van der Waals surface area contributed by atoms with E-state index in [2.05, 4.69) is 13.8 Å². The van der Waals surface area contributed by atoms with Crippen molar-refractivity contribution in [3.05, 3.63) is 105 Å². The monoisotopic (exact) mass is 473 g/mol. The van der Waals surface area contributed by atoms with E-state index in [9.17, 15) is 5.11 Å². The summed E-state index contributed by atoms with van der Waals surface area (Å²) < 4.78 is 15.1. The molecule has 0 aliphatic heterocycles. The molecule has 0 spiro atoms. The average Bonchev–Trinajstić information content (AvgIpc) is 2.78. The highest BCUT2D eigenvalue weighted by Crippen LogP contribution is 2.42. The van der Waals surface area contributed by atoms with Gasteiger partial charge < -0.3 is 10.8 Å². The van der Waals surface area contributed by atoms with Crippen molar-refractivity contribution in [2.45, 2.75) is 40.2 Å². The second-order valence-electron chi connectivity index (χ2n) is 7.51. The van der Waals surface area contributed by atoms with Crippen molar-refractivity contribution in [2.75, 3.05) is 0 Å². The van der Waals surface area contributed by atoms with Crippen LogP contribution in [0.3, 0.4) is 0 Å². The third-order valence-electron chi connectivity index (χ3n) is 5.50. The highest BCUT2D eigenvalue weighted by molar-refractivity contribution is 6.32.